The number of nitrogens with zero attached hydrogens (tertiary/aromatic N) is 1. The molecule has 1 aromatic heterocycles. The van der Waals surface area contributed by atoms with Gasteiger partial charge in [0.05, 0.1) is 0 Å². The van der Waals surface area contributed by atoms with E-state index in [1.54, 1.807) is 0 Å². The number of aromatic nitrogens is 2. The molecule has 0 aromatic carbocycles. The summed E-state index contributed by atoms with van der Waals surface area (Å²) in [4.78, 5) is 10.6. The van der Waals surface area contributed by atoms with E-state index in [0.717, 1.165) is 11.3 Å². The summed E-state index contributed by atoms with van der Waals surface area (Å²) in [6.45, 7) is 1.89. The van der Waals surface area contributed by atoms with Crippen LogP contribution >= 0.6 is 0 Å². The van der Waals surface area contributed by atoms with E-state index in [2.05, 4.69) is 15.5 Å². The fraction of sp³-hybridized carbons (Fsp3) is 0.429. The smallest absolute Gasteiger partial charge is 0.326 e. The van der Waals surface area contributed by atoms with Crippen molar-refractivity contribution in [1.82, 2.24) is 10.2 Å². The van der Waals surface area contributed by atoms with Crippen LogP contribution in [0.2, 0.25) is 0 Å². The van der Waals surface area contributed by atoms with Crippen LogP contribution < -0.4 is 5.32 Å². The van der Waals surface area contributed by atoms with Gasteiger partial charge < -0.3 is 10.4 Å². The van der Waals surface area contributed by atoms with E-state index in [4.69, 9.17) is 5.11 Å². The number of anilines is 1. The van der Waals surface area contributed by atoms with Crippen LogP contribution in [0.15, 0.2) is 0 Å². The number of H-pyrrole nitrogens is 1. The van der Waals surface area contributed by atoms with Crippen LogP contribution in [0.4, 0.5) is 5.82 Å². The second-order valence-corrected chi connectivity index (χ2v) is 2.92. The van der Waals surface area contributed by atoms with Crippen molar-refractivity contribution >= 4 is 11.8 Å². The number of carboxylic acids is 1. The van der Waals surface area contributed by atoms with Crippen LogP contribution in [0.3, 0.4) is 0 Å². The van der Waals surface area contributed by atoms with Crippen LogP contribution in [0, 0.1) is 6.92 Å². The lowest BCUT2D eigenvalue weighted by Crippen LogP contribution is -2.26. The SMILES string of the molecule is Cc1[nH]nc2c1CC(C(=O)O)N2. The number of aliphatic carboxylic acids is 1. The predicted molar refractivity (Wildman–Crippen MR) is 42.1 cm³/mol. The molecule has 0 radical (unpaired) electrons. The number of carboxylic acid groups (broad SMARTS) is 1. The van der Waals surface area contributed by atoms with Crippen molar-refractivity contribution in [2.75, 3.05) is 5.32 Å². The van der Waals surface area contributed by atoms with Gasteiger partial charge in [0.15, 0.2) is 5.82 Å². The van der Waals surface area contributed by atoms with Gasteiger partial charge in [-0.3, -0.25) is 5.10 Å². The first kappa shape index (κ1) is 7.15. The van der Waals surface area contributed by atoms with E-state index < -0.39 is 12.0 Å². The van der Waals surface area contributed by atoms with Gasteiger partial charge in [-0.25, -0.2) is 4.79 Å². The molecule has 1 aromatic rings. The van der Waals surface area contributed by atoms with Crippen LogP contribution in [-0.4, -0.2) is 27.3 Å². The van der Waals surface area contributed by atoms with Gasteiger partial charge in [0.25, 0.3) is 0 Å². The van der Waals surface area contributed by atoms with Gasteiger partial charge in [0.2, 0.25) is 0 Å². The number of hydrogen-bond acceptors (Lipinski definition) is 3. The first-order valence-electron chi connectivity index (χ1n) is 3.71. The molecule has 5 heteroatoms. The van der Waals surface area contributed by atoms with Gasteiger partial charge in [-0.15, -0.1) is 0 Å². The van der Waals surface area contributed by atoms with E-state index >= 15 is 0 Å². The Morgan fingerprint density at radius 2 is 2.50 bits per heavy atom. The molecule has 0 spiro atoms. The fourth-order valence-electron chi connectivity index (χ4n) is 1.39. The molecule has 0 saturated heterocycles. The summed E-state index contributed by atoms with van der Waals surface area (Å²) in [6, 6.07) is -0.504. The summed E-state index contributed by atoms with van der Waals surface area (Å²) in [5, 5.41) is 18.2. The van der Waals surface area contributed by atoms with Crippen molar-refractivity contribution in [1.29, 1.82) is 0 Å². The van der Waals surface area contributed by atoms with Crippen LogP contribution in [0.1, 0.15) is 11.3 Å². The van der Waals surface area contributed by atoms with Gasteiger partial charge in [-0.05, 0) is 6.92 Å². The van der Waals surface area contributed by atoms with Crippen molar-refractivity contribution in [3.8, 4) is 0 Å². The van der Waals surface area contributed by atoms with E-state index in [1.807, 2.05) is 6.92 Å². The van der Waals surface area contributed by atoms with Crippen molar-refractivity contribution in [2.45, 2.75) is 19.4 Å². The fourth-order valence-corrected chi connectivity index (χ4v) is 1.39. The number of aryl methyl sites for hydroxylation is 1. The van der Waals surface area contributed by atoms with Crippen LogP contribution in [0.5, 0.6) is 0 Å². The highest BCUT2D eigenvalue weighted by atomic mass is 16.4. The Bertz CT molecular complexity index is 331. The first-order chi connectivity index (χ1) is 5.68. The highest BCUT2D eigenvalue weighted by Crippen LogP contribution is 2.25. The number of carbonyl (C=O) groups is 1. The van der Waals surface area contributed by atoms with Crippen LogP contribution in [0.25, 0.3) is 0 Å². The molecule has 0 aliphatic carbocycles. The molecule has 0 bridgehead atoms. The van der Waals surface area contributed by atoms with E-state index in [9.17, 15) is 4.79 Å². The maximum Gasteiger partial charge on any atom is 0.326 e. The summed E-state index contributed by atoms with van der Waals surface area (Å²) >= 11 is 0. The molecule has 0 amide bonds. The molecule has 0 saturated carbocycles. The largest absolute Gasteiger partial charge is 0.480 e. The lowest BCUT2D eigenvalue weighted by atomic mass is 10.1. The summed E-state index contributed by atoms with van der Waals surface area (Å²) in [5.74, 6) is -0.146. The Morgan fingerprint density at radius 3 is 3.08 bits per heavy atom. The molecule has 5 nitrogen and oxygen atoms in total. The standard InChI is InChI=1S/C7H9N3O2/c1-3-4-2-5(7(11)12)8-6(4)10-9-3/h5H,2H2,1H3,(H,11,12)(H2,8,9,10). The molecule has 1 aliphatic heterocycles. The highest BCUT2D eigenvalue weighted by molar-refractivity contribution is 5.80. The van der Waals surface area contributed by atoms with Gasteiger partial charge >= 0.3 is 5.97 Å². The monoisotopic (exact) mass is 167 g/mol. The van der Waals surface area contributed by atoms with Crippen molar-refractivity contribution < 1.29 is 9.90 Å². The zero-order valence-electron chi connectivity index (χ0n) is 6.59. The molecular formula is C7H9N3O2. The zero-order valence-corrected chi connectivity index (χ0v) is 6.59. The molecule has 2 heterocycles. The summed E-state index contributed by atoms with van der Waals surface area (Å²) in [7, 11) is 0. The topological polar surface area (TPSA) is 78.0 Å². The summed E-state index contributed by atoms with van der Waals surface area (Å²) < 4.78 is 0. The minimum absolute atomic E-state index is 0.504. The molecular weight excluding hydrogens is 158 g/mol. The van der Waals surface area contributed by atoms with Crippen molar-refractivity contribution in [3.05, 3.63) is 11.3 Å². The number of aromatic amines is 1. The molecule has 1 unspecified atom stereocenters. The minimum Gasteiger partial charge on any atom is -0.480 e. The molecule has 0 fully saturated rings. The van der Waals surface area contributed by atoms with E-state index in [1.165, 1.54) is 0 Å². The molecule has 64 valence electrons. The number of fused-ring (bicyclic) bond motifs is 1. The number of rotatable bonds is 1. The van der Waals surface area contributed by atoms with Gasteiger partial charge in [0.1, 0.15) is 6.04 Å². The highest BCUT2D eigenvalue weighted by Gasteiger charge is 2.29. The average Bonchev–Trinajstić information content (AvgIpc) is 2.53. The zero-order chi connectivity index (χ0) is 8.72. The van der Waals surface area contributed by atoms with E-state index in [0.29, 0.717) is 12.2 Å². The Kier molecular flexibility index (Phi) is 1.33. The minimum atomic E-state index is -0.826. The maximum atomic E-state index is 10.6. The van der Waals surface area contributed by atoms with Gasteiger partial charge in [-0.2, -0.15) is 5.10 Å². The normalized spacial score (nSPS) is 20.2. The van der Waals surface area contributed by atoms with Crippen molar-refractivity contribution in [3.63, 3.8) is 0 Å². The lowest BCUT2D eigenvalue weighted by Gasteiger charge is -2.02. The second kappa shape index (κ2) is 2.23. The van der Waals surface area contributed by atoms with Gasteiger partial charge in [-0.1, -0.05) is 0 Å². The Balaban J connectivity index is 2.28. The Labute approximate surface area is 68.8 Å². The molecule has 12 heavy (non-hydrogen) atoms. The molecule has 3 N–H and O–H groups in total. The Hall–Kier alpha value is -1.52. The van der Waals surface area contributed by atoms with E-state index in [-0.39, 0.29) is 0 Å². The first-order valence-corrected chi connectivity index (χ1v) is 3.71. The third-order valence-corrected chi connectivity index (χ3v) is 2.09. The Morgan fingerprint density at radius 1 is 1.75 bits per heavy atom. The third kappa shape index (κ3) is 0.861. The second-order valence-electron chi connectivity index (χ2n) is 2.92. The maximum absolute atomic E-state index is 10.6. The lowest BCUT2D eigenvalue weighted by molar-refractivity contribution is -0.137. The number of hydrogen-bond donors (Lipinski definition) is 3. The quantitative estimate of drug-likeness (QED) is 0.556. The van der Waals surface area contributed by atoms with Gasteiger partial charge in [0, 0.05) is 17.7 Å². The molecule has 1 atom stereocenters. The summed E-state index contributed by atoms with van der Waals surface area (Å²) in [5.41, 5.74) is 1.93. The molecule has 2 rings (SSSR count). The predicted octanol–water partition coefficient (Wildman–Crippen LogP) is 0.139. The molecule has 1 aliphatic rings. The number of nitrogens with one attached hydrogen (secondary N) is 2. The average molecular weight is 167 g/mol. The summed E-state index contributed by atoms with van der Waals surface area (Å²) in [6.07, 6.45) is 0.521. The third-order valence-electron chi connectivity index (χ3n) is 2.09. The van der Waals surface area contributed by atoms with Crippen LogP contribution in [-0.2, 0) is 11.2 Å². The van der Waals surface area contributed by atoms with Crippen molar-refractivity contribution in [2.24, 2.45) is 0 Å².